The van der Waals surface area contributed by atoms with Gasteiger partial charge in [-0.2, -0.15) is 4.98 Å². The predicted octanol–water partition coefficient (Wildman–Crippen LogP) is 2.66. The summed E-state index contributed by atoms with van der Waals surface area (Å²) in [5.41, 5.74) is 2.23. The van der Waals surface area contributed by atoms with Crippen molar-refractivity contribution in [3.05, 3.63) is 47.1 Å². The van der Waals surface area contributed by atoms with Gasteiger partial charge < -0.3 is 13.9 Å². The number of fused-ring (bicyclic) bond motifs is 1. The number of nitrogens with zero attached hydrogens (tertiary/aromatic N) is 3. The van der Waals surface area contributed by atoms with E-state index in [4.69, 9.17) is 8.94 Å². The van der Waals surface area contributed by atoms with Gasteiger partial charge in [-0.1, -0.05) is 5.16 Å². The molecule has 110 valence electrons. The van der Waals surface area contributed by atoms with E-state index in [9.17, 15) is 4.79 Å². The number of nitrogens with one attached hydrogen (secondary N) is 1. The van der Waals surface area contributed by atoms with Gasteiger partial charge in [-0.05, 0) is 37.3 Å². The Hall–Kier alpha value is -3.09. The molecular formula is C15H12N4O3. The molecule has 0 aliphatic rings. The van der Waals surface area contributed by atoms with E-state index in [0.717, 1.165) is 16.6 Å². The number of rotatable bonds is 3. The molecule has 3 heterocycles. The Balaban J connectivity index is 1.80. The second-order valence-corrected chi connectivity index (χ2v) is 4.81. The summed E-state index contributed by atoms with van der Waals surface area (Å²) >= 11 is 0. The van der Waals surface area contributed by atoms with Gasteiger partial charge in [0.2, 0.25) is 5.82 Å². The quantitative estimate of drug-likeness (QED) is 0.627. The monoisotopic (exact) mass is 296 g/mol. The lowest BCUT2D eigenvalue weighted by Crippen LogP contribution is -2.14. The second-order valence-electron chi connectivity index (χ2n) is 4.81. The first-order valence-corrected chi connectivity index (χ1v) is 6.87. The molecule has 0 saturated heterocycles. The van der Waals surface area contributed by atoms with Gasteiger partial charge in [0.1, 0.15) is 0 Å². The third kappa shape index (κ3) is 1.86. The summed E-state index contributed by atoms with van der Waals surface area (Å²) in [6, 6.07) is 9.07. The molecule has 0 saturated carbocycles. The van der Waals surface area contributed by atoms with Crippen LogP contribution in [0.1, 0.15) is 6.92 Å². The number of aromatic nitrogens is 4. The SMILES string of the molecule is CCn1c(=O)[nH]c2cc(-c3noc(-c4ccco4)n3)ccc21. The van der Waals surface area contributed by atoms with Crippen LogP contribution in [0.2, 0.25) is 0 Å². The zero-order chi connectivity index (χ0) is 15.1. The molecule has 7 heteroatoms. The fourth-order valence-electron chi connectivity index (χ4n) is 2.46. The van der Waals surface area contributed by atoms with Gasteiger partial charge in [0, 0.05) is 12.1 Å². The number of H-pyrrole nitrogens is 1. The van der Waals surface area contributed by atoms with Gasteiger partial charge in [-0.15, -0.1) is 0 Å². The van der Waals surface area contributed by atoms with Gasteiger partial charge in [0.25, 0.3) is 5.89 Å². The van der Waals surface area contributed by atoms with Crippen LogP contribution in [0.4, 0.5) is 0 Å². The lowest BCUT2D eigenvalue weighted by Gasteiger charge is -1.98. The van der Waals surface area contributed by atoms with Gasteiger partial charge >= 0.3 is 5.69 Å². The standard InChI is InChI=1S/C15H12N4O3/c1-2-19-11-6-5-9(8-10(11)16-15(19)20)13-17-14(22-18-13)12-4-3-7-21-12/h3-8H,2H2,1H3,(H,16,20). The van der Waals surface area contributed by atoms with Crippen molar-refractivity contribution in [2.24, 2.45) is 0 Å². The van der Waals surface area contributed by atoms with Crippen LogP contribution in [-0.4, -0.2) is 19.7 Å². The van der Waals surface area contributed by atoms with E-state index in [1.807, 2.05) is 25.1 Å². The Labute approximate surface area is 124 Å². The number of hydrogen-bond donors (Lipinski definition) is 1. The predicted molar refractivity (Wildman–Crippen MR) is 79.2 cm³/mol. The molecule has 0 aliphatic carbocycles. The molecule has 0 fully saturated rings. The summed E-state index contributed by atoms with van der Waals surface area (Å²) in [5, 5.41) is 3.95. The third-order valence-corrected chi connectivity index (χ3v) is 3.51. The Morgan fingerprint density at radius 2 is 2.23 bits per heavy atom. The van der Waals surface area contributed by atoms with Crippen LogP contribution in [0, 0.1) is 0 Å². The van der Waals surface area contributed by atoms with Crippen molar-refractivity contribution in [3.8, 4) is 23.0 Å². The van der Waals surface area contributed by atoms with Crippen LogP contribution in [0.5, 0.6) is 0 Å². The molecule has 0 atom stereocenters. The van der Waals surface area contributed by atoms with Gasteiger partial charge in [0.05, 0.1) is 17.3 Å². The van der Waals surface area contributed by atoms with E-state index in [2.05, 4.69) is 15.1 Å². The van der Waals surface area contributed by atoms with Crippen LogP contribution in [0.15, 0.2) is 50.3 Å². The highest BCUT2D eigenvalue weighted by molar-refractivity contribution is 5.80. The van der Waals surface area contributed by atoms with E-state index in [1.54, 1.807) is 23.0 Å². The lowest BCUT2D eigenvalue weighted by molar-refractivity contribution is 0.417. The molecular weight excluding hydrogens is 284 g/mol. The summed E-state index contributed by atoms with van der Waals surface area (Å²) in [7, 11) is 0. The summed E-state index contributed by atoms with van der Waals surface area (Å²) in [5.74, 6) is 1.28. The van der Waals surface area contributed by atoms with Crippen LogP contribution in [0.25, 0.3) is 34.1 Å². The first-order valence-electron chi connectivity index (χ1n) is 6.87. The molecule has 0 aliphatic heterocycles. The molecule has 4 aromatic rings. The number of furan rings is 1. The molecule has 0 amide bonds. The minimum absolute atomic E-state index is 0.126. The lowest BCUT2D eigenvalue weighted by atomic mass is 10.2. The molecule has 7 nitrogen and oxygen atoms in total. The molecule has 0 unspecified atom stereocenters. The van der Waals surface area contributed by atoms with Crippen molar-refractivity contribution in [1.82, 2.24) is 19.7 Å². The largest absolute Gasteiger partial charge is 0.459 e. The minimum Gasteiger partial charge on any atom is -0.459 e. The van der Waals surface area contributed by atoms with E-state index in [1.165, 1.54) is 0 Å². The minimum atomic E-state index is -0.126. The van der Waals surface area contributed by atoms with Crippen molar-refractivity contribution in [2.75, 3.05) is 0 Å². The Morgan fingerprint density at radius 3 is 3.00 bits per heavy atom. The molecule has 22 heavy (non-hydrogen) atoms. The zero-order valence-corrected chi connectivity index (χ0v) is 11.7. The number of aromatic amines is 1. The van der Waals surface area contributed by atoms with Crippen LogP contribution >= 0.6 is 0 Å². The average molecular weight is 296 g/mol. The maximum absolute atomic E-state index is 11.8. The van der Waals surface area contributed by atoms with Gasteiger partial charge in [-0.25, -0.2) is 4.79 Å². The van der Waals surface area contributed by atoms with Crippen LogP contribution in [-0.2, 0) is 6.54 Å². The maximum atomic E-state index is 11.8. The second kappa shape index (κ2) is 4.73. The van der Waals surface area contributed by atoms with E-state index in [0.29, 0.717) is 24.0 Å². The summed E-state index contributed by atoms with van der Waals surface area (Å²) in [6.07, 6.45) is 1.55. The van der Waals surface area contributed by atoms with E-state index >= 15 is 0 Å². The zero-order valence-electron chi connectivity index (χ0n) is 11.7. The molecule has 0 spiro atoms. The summed E-state index contributed by atoms with van der Waals surface area (Å²) in [6.45, 7) is 2.54. The number of aryl methyl sites for hydroxylation is 1. The third-order valence-electron chi connectivity index (χ3n) is 3.51. The highest BCUT2D eigenvalue weighted by Gasteiger charge is 2.14. The molecule has 0 bridgehead atoms. The van der Waals surface area contributed by atoms with Crippen molar-refractivity contribution < 1.29 is 8.94 Å². The molecule has 3 aromatic heterocycles. The summed E-state index contributed by atoms with van der Waals surface area (Å²) < 4.78 is 12.1. The normalized spacial score (nSPS) is 11.3. The van der Waals surface area contributed by atoms with Crippen LogP contribution in [0.3, 0.4) is 0 Å². The number of benzene rings is 1. The smallest absolute Gasteiger partial charge is 0.326 e. The van der Waals surface area contributed by atoms with Gasteiger partial charge in [0.15, 0.2) is 5.76 Å². The molecule has 1 N–H and O–H groups in total. The first kappa shape index (κ1) is 12.6. The van der Waals surface area contributed by atoms with Crippen molar-refractivity contribution >= 4 is 11.0 Å². The fourth-order valence-corrected chi connectivity index (χ4v) is 2.46. The fraction of sp³-hybridized carbons (Fsp3) is 0.133. The van der Waals surface area contributed by atoms with E-state index in [-0.39, 0.29) is 5.69 Å². The average Bonchev–Trinajstić information content (AvgIpc) is 3.25. The maximum Gasteiger partial charge on any atom is 0.326 e. The summed E-state index contributed by atoms with van der Waals surface area (Å²) in [4.78, 5) is 19.0. The first-order chi connectivity index (χ1) is 10.8. The van der Waals surface area contributed by atoms with E-state index < -0.39 is 0 Å². The van der Waals surface area contributed by atoms with Crippen molar-refractivity contribution in [1.29, 1.82) is 0 Å². The van der Waals surface area contributed by atoms with Crippen LogP contribution < -0.4 is 5.69 Å². The highest BCUT2D eigenvalue weighted by atomic mass is 16.5. The molecule has 4 rings (SSSR count). The molecule has 1 aromatic carbocycles. The highest BCUT2D eigenvalue weighted by Crippen LogP contribution is 2.24. The van der Waals surface area contributed by atoms with Crippen molar-refractivity contribution in [2.45, 2.75) is 13.5 Å². The van der Waals surface area contributed by atoms with Crippen molar-refractivity contribution in [3.63, 3.8) is 0 Å². The Morgan fingerprint density at radius 1 is 1.32 bits per heavy atom. The van der Waals surface area contributed by atoms with Gasteiger partial charge in [-0.3, -0.25) is 4.57 Å². The molecule has 0 radical (unpaired) electrons. The number of hydrogen-bond acceptors (Lipinski definition) is 5. The Bertz CT molecular complexity index is 992. The topological polar surface area (TPSA) is 89.9 Å². The Kier molecular flexibility index (Phi) is 2.72. The number of imidazole rings is 1.